The summed E-state index contributed by atoms with van der Waals surface area (Å²) in [6, 6.07) is 8.17. The van der Waals surface area contributed by atoms with E-state index in [2.05, 4.69) is 0 Å². The lowest BCUT2D eigenvalue weighted by Gasteiger charge is -2.25. The molecule has 0 aliphatic carbocycles. The molecule has 0 unspecified atom stereocenters. The lowest BCUT2D eigenvalue weighted by Crippen LogP contribution is -2.36. The molecule has 104 valence electrons. The van der Waals surface area contributed by atoms with E-state index in [4.69, 9.17) is 5.11 Å². The molecule has 1 rings (SSSR count). The molecule has 0 bridgehead atoms. The zero-order valence-corrected chi connectivity index (χ0v) is 12.0. The normalized spacial score (nSPS) is 11.2. The van der Waals surface area contributed by atoms with Gasteiger partial charge in [-0.1, -0.05) is 29.8 Å². The minimum atomic E-state index is -0.0102. The highest BCUT2D eigenvalue weighted by Crippen LogP contribution is 2.07. The van der Waals surface area contributed by atoms with Crippen molar-refractivity contribution >= 4 is 12.0 Å². The van der Waals surface area contributed by atoms with Crippen molar-refractivity contribution in [1.29, 1.82) is 0 Å². The van der Waals surface area contributed by atoms with Crippen LogP contribution in [-0.2, 0) is 4.79 Å². The van der Waals surface area contributed by atoms with Gasteiger partial charge < -0.3 is 10.0 Å². The topological polar surface area (TPSA) is 40.5 Å². The van der Waals surface area contributed by atoms with E-state index in [-0.39, 0.29) is 18.6 Å². The van der Waals surface area contributed by atoms with Crippen LogP contribution in [0.2, 0.25) is 0 Å². The maximum absolute atomic E-state index is 12.1. The molecule has 0 saturated heterocycles. The first kappa shape index (κ1) is 15.4. The molecule has 0 aliphatic heterocycles. The molecular formula is C16H23NO2. The van der Waals surface area contributed by atoms with E-state index in [1.54, 1.807) is 11.0 Å². The second-order valence-electron chi connectivity index (χ2n) is 4.95. The summed E-state index contributed by atoms with van der Waals surface area (Å²) in [5.74, 6) is -0.0102. The highest BCUT2D eigenvalue weighted by molar-refractivity contribution is 5.91. The summed E-state index contributed by atoms with van der Waals surface area (Å²) in [5.41, 5.74) is 2.22. The average molecular weight is 261 g/mol. The van der Waals surface area contributed by atoms with Crippen molar-refractivity contribution in [3.05, 3.63) is 41.5 Å². The standard InChI is InChI=1S/C16H23NO2/c1-13(2)17(11-4-12-18)16(19)10-9-15-7-5-14(3)6-8-15/h5-10,13,18H,4,11-12H2,1-3H3/b10-9+. The lowest BCUT2D eigenvalue weighted by molar-refractivity contribution is -0.127. The van der Waals surface area contributed by atoms with Gasteiger partial charge in [0.05, 0.1) is 0 Å². The Balaban J connectivity index is 2.67. The molecule has 0 atom stereocenters. The van der Waals surface area contributed by atoms with Gasteiger partial charge in [-0.05, 0) is 38.8 Å². The third-order valence-electron chi connectivity index (χ3n) is 2.96. The molecule has 19 heavy (non-hydrogen) atoms. The first-order chi connectivity index (χ1) is 9.04. The van der Waals surface area contributed by atoms with Crippen molar-refractivity contribution in [2.75, 3.05) is 13.2 Å². The Morgan fingerprint density at radius 2 is 1.95 bits per heavy atom. The second-order valence-corrected chi connectivity index (χ2v) is 4.95. The highest BCUT2D eigenvalue weighted by atomic mass is 16.3. The van der Waals surface area contributed by atoms with Crippen LogP contribution in [0.1, 0.15) is 31.4 Å². The summed E-state index contributed by atoms with van der Waals surface area (Å²) in [5, 5.41) is 8.86. The van der Waals surface area contributed by atoms with E-state index < -0.39 is 0 Å². The quantitative estimate of drug-likeness (QED) is 0.800. The predicted octanol–water partition coefficient (Wildman–Crippen LogP) is 2.63. The van der Waals surface area contributed by atoms with Gasteiger partial charge in [-0.2, -0.15) is 0 Å². The van der Waals surface area contributed by atoms with Crippen molar-refractivity contribution in [2.45, 2.75) is 33.2 Å². The van der Waals surface area contributed by atoms with Crippen molar-refractivity contribution in [3.63, 3.8) is 0 Å². The third kappa shape index (κ3) is 5.26. The number of nitrogens with zero attached hydrogens (tertiary/aromatic N) is 1. The third-order valence-corrected chi connectivity index (χ3v) is 2.96. The Morgan fingerprint density at radius 3 is 2.47 bits per heavy atom. The Kier molecular flexibility index (Phi) is 6.30. The van der Waals surface area contributed by atoms with Gasteiger partial charge in [-0.3, -0.25) is 4.79 Å². The number of amides is 1. The molecule has 0 fully saturated rings. The summed E-state index contributed by atoms with van der Waals surface area (Å²) < 4.78 is 0. The van der Waals surface area contributed by atoms with E-state index >= 15 is 0 Å². The van der Waals surface area contributed by atoms with Gasteiger partial charge in [-0.25, -0.2) is 0 Å². The van der Waals surface area contributed by atoms with Crippen LogP contribution in [0.15, 0.2) is 30.3 Å². The zero-order chi connectivity index (χ0) is 14.3. The Morgan fingerprint density at radius 1 is 1.32 bits per heavy atom. The molecule has 0 aliphatic rings. The highest BCUT2D eigenvalue weighted by Gasteiger charge is 2.13. The van der Waals surface area contributed by atoms with Gasteiger partial charge in [0.1, 0.15) is 0 Å². The monoisotopic (exact) mass is 261 g/mol. The Labute approximate surface area is 115 Å². The van der Waals surface area contributed by atoms with Crippen molar-refractivity contribution in [3.8, 4) is 0 Å². The van der Waals surface area contributed by atoms with Crippen LogP contribution in [-0.4, -0.2) is 35.1 Å². The fraction of sp³-hybridized carbons (Fsp3) is 0.438. The molecule has 3 heteroatoms. The van der Waals surface area contributed by atoms with Crippen LogP contribution in [0.5, 0.6) is 0 Å². The summed E-state index contributed by atoms with van der Waals surface area (Å²) in [4.78, 5) is 13.9. The summed E-state index contributed by atoms with van der Waals surface area (Å²) in [7, 11) is 0. The van der Waals surface area contributed by atoms with E-state index in [0.717, 1.165) is 5.56 Å². The number of aliphatic hydroxyl groups is 1. The minimum Gasteiger partial charge on any atom is -0.396 e. The van der Waals surface area contributed by atoms with Crippen LogP contribution in [0.4, 0.5) is 0 Å². The SMILES string of the molecule is Cc1ccc(/C=C/C(=O)N(CCCO)C(C)C)cc1. The van der Waals surface area contributed by atoms with Gasteiger partial charge >= 0.3 is 0 Å². The van der Waals surface area contributed by atoms with Crippen molar-refractivity contribution in [1.82, 2.24) is 4.90 Å². The summed E-state index contributed by atoms with van der Waals surface area (Å²) >= 11 is 0. The van der Waals surface area contributed by atoms with Crippen LogP contribution in [0.3, 0.4) is 0 Å². The number of aliphatic hydroxyl groups excluding tert-OH is 1. The molecule has 1 aromatic carbocycles. The fourth-order valence-electron chi connectivity index (χ4n) is 1.80. The first-order valence-electron chi connectivity index (χ1n) is 6.71. The van der Waals surface area contributed by atoms with E-state index in [0.29, 0.717) is 13.0 Å². The van der Waals surface area contributed by atoms with Crippen LogP contribution >= 0.6 is 0 Å². The fourth-order valence-corrected chi connectivity index (χ4v) is 1.80. The zero-order valence-electron chi connectivity index (χ0n) is 12.0. The van der Waals surface area contributed by atoms with E-state index in [1.807, 2.05) is 51.1 Å². The smallest absolute Gasteiger partial charge is 0.246 e. The minimum absolute atomic E-state index is 0.0102. The first-order valence-corrected chi connectivity index (χ1v) is 6.71. The maximum Gasteiger partial charge on any atom is 0.246 e. The molecule has 1 amide bonds. The number of rotatable bonds is 6. The number of hydrogen-bond donors (Lipinski definition) is 1. The number of benzene rings is 1. The molecule has 0 radical (unpaired) electrons. The van der Waals surface area contributed by atoms with Crippen LogP contribution in [0, 0.1) is 6.92 Å². The van der Waals surface area contributed by atoms with Gasteiger partial charge in [0, 0.05) is 25.3 Å². The Hall–Kier alpha value is -1.61. The summed E-state index contributed by atoms with van der Waals surface area (Å²) in [6.45, 7) is 6.70. The van der Waals surface area contributed by atoms with Crippen molar-refractivity contribution in [2.24, 2.45) is 0 Å². The average Bonchev–Trinajstić information content (AvgIpc) is 2.38. The number of carbonyl (C=O) groups excluding carboxylic acids is 1. The van der Waals surface area contributed by atoms with Crippen LogP contribution in [0.25, 0.3) is 6.08 Å². The summed E-state index contributed by atoms with van der Waals surface area (Å²) in [6.07, 6.45) is 4.04. The molecule has 0 spiro atoms. The van der Waals surface area contributed by atoms with E-state index in [9.17, 15) is 4.79 Å². The number of hydrogen-bond acceptors (Lipinski definition) is 2. The molecule has 1 aromatic rings. The predicted molar refractivity (Wildman–Crippen MR) is 78.8 cm³/mol. The largest absolute Gasteiger partial charge is 0.396 e. The van der Waals surface area contributed by atoms with E-state index in [1.165, 1.54) is 5.56 Å². The van der Waals surface area contributed by atoms with Crippen LogP contribution < -0.4 is 0 Å². The second kappa shape index (κ2) is 7.74. The number of carbonyl (C=O) groups is 1. The van der Waals surface area contributed by atoms with Gasteiger partial charge in [0.15, 0.2) is 0 Å². The number of aryl methyl sites for hydroxylation is 1. The van der Waals surface area contributed by atoms with Gasteiger partial charge in [-0.15, -0.1) is 0 Å². The molecule has 0 aromatic heterocycles. The molecule has 1 N–H and O–H groups in total. The van der Waals surface area contributed by atoms with Crippen molar-refractivity contribution < 1.29 is 9.90 Å². The maximum atomic E-state index is 12.1. The van der Waals surface area contributed by atoms with Gasteiger partial charge in [0.2, 0.25) is 5.91 Å². The Bertz CT molecular complexity index is 421. The molecular weight excluding hydrogens is 238 g/mol. The molecule has 3 nitrogen and oxygen atoms in total. The van der Waals surface area contributed by atoms with Gasteiger partial charge in [0.25, 0.3) is 0 Å². The molecule has 0 heterocycles. The lowest BCUT2D eigenvalue weighted by atomic mass is 10.1. The molecule has 0 saturated carbocycles.